The van der Waals surface area contributed by atoms with E-state index in [-0.39, 0.29) is 36.0 Å². The van der Waals surface area contributed by atoms with Crippen LogP contribution in [0.3, 0.4) is 0 Å². The summed E-state index contributed by atoms with van der Waals surface area (Å²) < 4.78 is 32.5. The summed E-state index contributed by atoms with van der Waals surface area (Å²) in [5.74, 6) is -1.33. The van der Waals surface area contributed by atoms with Gasteiger partial charge in [-0.05, 0) is 42.5 Å². The summed E-state index contributed by atoms with van der Waals surface area (Å²) in [6.07, 6.45) is 1.59. The number of hydrogen-bond acceptors (Lipinski definition) is 4. The van der Waals surface area contributed by atoms with E-state index in [0.717, 1.165) is 12.1 Å². The number of rotatable bonds is 7. The van der Waals surface area contributed by atoms with Crippen molar-refractivity contribution in [1.29, 1.82) is 0 Å². The van der Waals surface area contributed by atoms with Crippen LogP contribution in [0.1, 0.15) is 12.3 Å². The molecule has 9 heteroatoms. The molecule has 0 aliphatic rings. The van der Waals surface area contributed by atoms with Crippen LogP contribution in [0.4, 0.5) is 30.6 Å². The Morgan fingerprint density at radius 3 is 2.29 bits per heavy atom. The molecule has 3 amide bonds. The Hall–Kier alpha value is -4.53. The first-order chi connectivity index (χ1) is 16.5. The molecule has 0 fully saturated rings. The SMILES string of the molecule is O=C(CCc1ncc(-c2ccc(F)cc2F)o1)Nc1cccc(NC(=O)Nc2ccccc2)c1. The molecule has 0 aliphatic carbocycles. The molecule has 3 aromatic carbocycles. The molecule has 172 valence electrons. The monoisotopic (exact) mass is 462 g/mol. The third-order valence-electron chi connectivity index (χ3n) is 4.75. The predicted molar refractivity (Wildman–Crippen MR) is 124 cm³/mol. The predicted octanol–water partition coefficient (Wildman–Crippen LogP) is 5.84. The number of oxazole rings is 1. The molecule has 0 saturated heterocycles. The summed E-state index contributed by atoms with van der Waals surface area (Å²) >= 11 is 0. The number of urea groups is 1. The van der Waals surface area contributed by atoms with Gasteiger partial charge in [0.15, 0.2) is 11.7 Å². The molecule has 0 spiro atoms. The van der Waals surface area contributed by atoms with E-state index in [1.807, 2.05) is 18.2 Å². The number of aromatic nitrogens is 1. The normalized spacial score (nSPS) is 10.5. The van der Waals surface area contributed by atoms with Gasteiger partial charge in [0, 0.05) is 36.0 Å². The van der Waals surface area contributed by atoms with Crippen LogP contribution in [0, 0.1) is 11.6 Å². The first-order valence-electron chi connectivity index (χ1n) is 10.4. The second-order valence-corrected chi connectivity index (χ2v) is 7.32. The number of carbonyl (C=O) groups excluding carboxylic acids is 2. The fourth-order valence-corrected chi connectivity index (χ4v) is 3.17. The van der Waals surface area contributed by atoms with Gasteiger partial charge in [0.05, 0.1) is 11.8 Å². The van der Waals surface area contributed by atoms with Gasteiger partial charge in [-0.2, -0.15) is 0 Å². The lowest BCUT2D eigenvalue weighted by atomic mass is 10.2. The van der Waals surface area contributed by atoms with Gasteiger partial charge >= 0.3 is 6.03 Å². The number of amides is 3. The summed E-state index contributed by atoms with van der Waals surface area (Å²) in [6.45, 7) is 0. The fraction of sp³-hybridized carbons (Fsp3) is 0.0800. The number of halogens is 2. The average Bonchev–Trinajstić information content (AvgIpc) is 3.27. The molecule has 4 rings (SSSR count). The Bertz CT molecular complexity index is 1310. The second-order valence-electron chi connectivity index (χ2n) is 7.32. The van der Waals surface area contributed by atoms with Crippen molar-refractivity contribution in [3.8, 4) is 11.3 Å². The van der Waals surface area contributed by atoms with E-state index in [2.05, 4.69) is 20.9 Å². The van der Waals surface area contributed by atoms with Crippen LogP contribution >= 0.6 is 0 Å². The Morgan fingerprint density at radius 1 is 0.824 bits per heavy atom. The zero-order valence-electron chi connectivity index (χ0n) is 17.8. The van der Waals surface area contributed by atoms with Crippen LogP contribution in [0.2, 0.25) is 0 Å². The van der Waals surface area contributed by atoms with E-state index in [4.69, 9.17) is 4.42 Å². The Balaban J connectivity index is 1.30. The quantitative estimate of drug-likeness (QED) is 0.322. The highest BCUT2D eigenvalue weighted by atomic mass is 19.1. The smallest absolute Gasteiger partial charge is 0.323 e. The summed E-state index contributed by atoms with van der Waals surface area (Å²) in [4.78, 5) is 28.5. The standard InChI is InChI=1S/C25H20F2N4O3/c26-16-9-10-20(21(27)13-16)22-15-28-24(34-22)12-11-23(32)29-18-7-4-8-19(14-18)31-25(33)30-17-5-2-1-3-6-17/h1-10,13-15H,11-12H2,(H,29,32)(H2,30,31,33). The molecule has 3 N–H and O–H groups in total. The molecular weight excluding hydrogens is 442 g/mol. The van der Waals surface area contributed by atoms with Crippen molar-refractivity contribution >= 4 is 29.0 Å². The maximum absolute atomic E-state index is 13.9. The summed E-state index contributed by atoms with van der Waals surface area (Å²) in [5, 5.41) is 8.17. The molecule has 1 aromatic heterocycles. The van der Waals surface area contributed by atoms with Crippen molar-refractivity contribution in [1.82, 2.24) is 4.98 Å². The molecule has 0 atom stereocenters. The molecule has 4 aromatic rings. The Labute approximate surface area is 193 Å². The van der Waals surface area contributed by atoms with Crippen LogP contribution in [-0.2, 0) is 11.2 Å². The van der Waals surface area contributed by atoms with Crippen molar-refractivity contribution in [3.63, 3.8) is 0 Å². The lowest BCUT2D eigenvalue weighted by molar-refractivity contribution is -0.116. The topological polar surface area (TPSA) is 96.3 Å². The lowest BCUT2D eigenvalue weighted by Crippen LogP contribution is -2.19. The van der Waals surface area contributed by atoms with Crippen LogP contribution in [0.5, 0.6) is 0 Å². The Kier molecular flexibility index (Phi) is 6.92. The minimum atomic E-state index is -0.758. The van der Waals surface area contributed by atoms with Crippen molar-refractivity contribution in [2.45, 2.75) is 12.8 Å². The van der Waals surface area contributed by atoms with Gasteiger partial charge in [-0.15, -0.1) is 0 Å². The maximum atomic E-state index is 13.9. The van der Waals surface area contributed by atoms with Crippen molar-refractivity contribution in [2.75, 3.05) is 16.0 Å². The molecule has 0 radical (unpaired) electrons. The molecule has 0 unspecified atom stereocenters. The van der Waals surface area contributed by atoms with Gasteiger partial charge in [0.25, 0.3) is 0 Å². The number of anilines is 3. The van der Waals surface area contributed by atoms with Crippen LogP contribution in [0.25, 0.3) is 11.3 Å². The molecule has 1 heterocycles. The summed E-state index contributed by atoms with van der Waals surface area (Å²) in [6, 6.07) is 18.5. The Morgan fingerprint density at radius 2 is 1.53 bits per heavy atom. The van der Waals surface area contributed by atoms with Gasteiger partial charge in [0.2, 0.25) is 5.91 Å². The van der Waals surface area contributed by atoms with Gasteiger partial charge in [-0.25, -0.2) is 18.6 Å². The number of para-hydroxylation sites is 1. The van der Waals surface area contributed by atoms with E-state index in [9.17, 15) is 18.4 Å². The first kappa shape index (κ1) is 22.7. The third-order valence-corrected chi connectivity index (χ3v) is 4.75. The highest BCUT2D eigenvalue weighted by molar-refractivity contribution is 6.00. The molecule has 34 heavy (non-hydrogen) atoms. The van der Waals surface area contributed by atoms with E-state index < -0.39 is 17.7 Å². The van der Waals surface area contributed by atoms with Crippen molar-refractivity contribution in [3.05, 3.63) is 96.5 Å². The van der Waals surface area contributed by atoms with E-state index in [1.165, 1.54) is 12.3 Å². The maximum Gasteiger partial charge on any atom is 0.323 e. The van der Waals surface area contributed by atoms with Gasteiger partial charge < -0.3 is 20.4 Å². The third kappa shape index (κ3) is 6.04. The van der Waals surface area contributed by atoms with E-state index in [1.54, 1.807) is 36.4 Å². The van der Waals surface area contributed by atoms with Crippen molar-refractivity contribution < 1.29 is 22.8 Å². The first-order valence-corrected chi connectivity index (χ1v) is 10.4. The lowest BCUT2D eigenvalue weighted by Gasteiger charge is -2.10. The zero-order valence-corrected chi connectivity index (χ0v) is 17.8. The molecule has 0 aliphatic heterocycles. The van der Waals surface area contributed by atoms with Gasteiger partial charge in [-0.1, -0.05) is 24.3 Å². The number of hydrogen-bond donors (Lipinski definition) is 3. The van der Waals surface area contributed by atoms with Gasteiger partial charge in [-0.3, -0.25) is 4.79 Å². The fourth-order valence-electron chi connectivity index (χ4n) is 3.17. The largest absolute Gasteiger partial charge is 0.441 e. The van der Waals surface area contributed by atoms with Crippen LogP contribution < -0.4 is 16.0 Å². The summed E-state index contributed by atoms with van der Waals surface area (Å²) in [7, 11) is 0. The van der Waals surface area contributed by atoms with E-state index in [0.29, 0.717) is 17.1 Å². The zero-order chi connectivity index (χ0) is 23.9. The number of aryl methyl sites for hydroxylation is 1. The average molecular weight is 462 g/mol. The van der Waals surface area contributed by atoms with E-state index >= 15 is 0 Å². The van der Waals surface area contributed by atoms with Crippen LogP contribution in [0.15, 0.2) is 83.4 Å². The number of nitrogens with zero attached hydrogens (tertiary/aromatic N) is 1. The van der Waals surface area contributed by atoms with Gasteiger partial charge in [0.1, 0.15) is 11.6 Å². The highest BCUT2D eigenvalue weighted by Gasteiger charge is 2.13. The number of benzene rings is 3. The minimum absolute atomic E-state index is 0.0675. The molecule has 7 nitrogen and oxygen atoms in total. The minimum Gasteiger partial charge on any atom is -0.441 e. The molecular formula is C25H20F2N4O3. The summed E-state index contributed by atoms with van der Waals surface area (Å²) in [5.41, 5.74) is 1.75. The number of nitrogens with one attached hydrogen (secondary N) is 3. The number of carbonyl (C=O) groups is 2. The highest BCUT2D eigenvalue weighted by Crippen LogP contribution is 2.24. The van der Waals surface area contributed by atoms with Crippen molar-refractivity contribution in [2.24, 2.45) is 0 Å². The van der Waals surface area contributed by atoms with Crippen LogP contribution in [-0.4, -0.2) is 16.9 Å². The second kappa shape index (κ2) is 10.4. The molecule has 0 bridgehead atoms. The molecule has 0 saturated carbocycles.